The molecule has 0 aromatic rings. The van der Waals surface area contributed by atoms with Gasteiger partial charge in [0.15, 0.2) is 5.76 Å². The second-order valence-electron chi connectivity index (χ2n) is 3.00. The number of allylic oxidation sites excluding steroid dienone is 4. The minimum atomic E-state index is 1.01. The second kappa shape index (κ2) is 3.42. The first kappa shape index (κ1) is 8.12. The van der Waals surface area contributed by atoms with Crippen molar-refractivity contribution in [1.82, 2.24) is 0 Å². The van der Waals surface area contributed by atoms with Crippen LogP contribution in [0.25, 0.3) is 0 Å². The summed E-state index contributed by atoms with van der Waals surface area (Å²) in [5.74, 6) is 1.03. The van der Waals surface area contributed by atoms with E-state index >= 15 is 0 Å². The molecule has 0 amide bonds. The molecule has 1 aliphatic rings. The van der Waals surface area contributed by atoms with E-state index in [1.807, 2.05) is 0 Å². The van der Waals surface area contributed by atoms with E-state index in [0.717, 1.165) is 12.2 Å². The molecule has 0 saturated heterocycles. The Morgan fingerprint density at radius 1 is 1.36 bits per heavy atom. The summed E-state index contributed by atoms with van der Waals surface area (Å²) < 4.78 is 4.93. The third kappa shape index (κ3) is 3.08. The largest absolute Gasteiger partial charge is 0.458 e. The molecule has 0 saturated carbocycles. The molecule has 0 aromatic carbocycles. The van der Waals surface area contributed by atoms with Crippen molar-refractivity contribution in [3.05, 3.63) is 35.3 Å². The molecule has 1 heterocycles. The number of rotatable bonds is 3. The van der Waals surface area contributed by atoms with Gasteiger partial charge in [0.2, 0.25) is 0 Å². The molecule has 0 fully saturated rings. The summed E-state index contributed by atoms with van der Waals surface area (Å²) >= 11 is 0. The van der Waals surface area contributed by atoms with Gasteiger partial charge in [0.05, 0.1) is 0 Å². The molecule has 1 aliphatic heterocycles. The fraction of sp³-hybridized carbons (Fsp3) is 0.400. The lowest BCUT2D eigenvalue weighted by molar-refractivity contribution is 0.509. The lowest BCUT2D eigenvalue weighted by atomic mass is 10.2. The summed E-state index contributed by atoms with van der Waals surface area (Å²) in [5, 5.41) is 0. The van der Waals surface area contributed by atoms with Crippen LogP contribution in [0.1, 0.15) is 27.2 Å². The fourth-order valence-electron chi connectivity index (χ4n) is 0.787. The second-order valence-corrected chi connectivity index (χ2v) is 3.00. The molecule has 0 atom stereocenters. The van der Waals surface area contributed by atoms with Gasteiger partial charge in [-0.3, -0.25) is 0 Å². The summed E-state index contributed by atoms with van der Waals surface area (Å²) in [5.41, 5.74) is 2.60. The summed E-state index contributed by atoms with van der Waals surface area (Å²) in [6, 6.07) is 0. The van der Waals surface area contributed by atoms with E-state index in [4.69, 9.17) is 4.74 Å². The highest BCUT2D eigenvalue weighted by atomic mass is 16.5. The quantitative estimate of drug-likeness (QED) is 0.563. The van der Waals surface area contributed by atoms with Crippen LogP contribution in [0.5, 0.6) is 0 Å². The zero-order valence-corrected chi connectivity index (χ0v) is 7.35. The molecule has 0 aliphatic carbocycles. The number of hydrogen-bond acceptors (Lipinski definition) is 1. The first-order valence-corrected chi connectivity index (χ1v) is 3.87. The molecule has 0 N–H and O–H groups in total. The molecule has 0 spiro atoms. The maximum absolute atomic E-state index is 4.93. The maximum atomic E-state index is 4.93. The molecular formula is C10H14O. The summed E-state index contributed by atoms with van der Waals surface area (Å²) in [6.07, 6.45) is 7.15. The van der Waals surface area contributed by atoms with Gasteiger partial charge in [-0.15, -0.1) is 0 Å². The topological polar surface area (TPSA) is 12.5 Å². The lowest BCUT2D eigenvalue weighted by Crippen LogP contribution is -1.72. The van der Waals surface area contributed by atoms with Gasteiger partial charge in [0.25, 0.3) is 0 Å². The monoisotopic (exact) mass is 150 g/mol. The normalized spacial score (nSPS) is 15.2. The smallest absolute Gasteiger partial charge is 0.164 e. The van der Waals surface area contributed by atoms with Crippen LogP contribution < -0.4 is 0 Å². The fourth-order valence-corrected chi connectivity index (χ4v) is 0.787. The molecule has 60 valence electrons. The van der Waals surface area contributed by atoms with Gasteiger partial charge in [-0.2, -0.15) is 0 Å². The zero-order chi connectivity index (χ0) is 8.27. The summed E-state index contributed by atoms with van der Waals surface area (Å²) in [4.78, 5) is 0. The van der Waals surface area contributed by atoms with Crippen LogP contribution in [0.2, 0.25) is 0 Å². The van der Waals surface area contributed by atoms with Crippen molar-refractivity contribution in [2.45, 2.75) is 27.2 Å². The van der Waals surface area contributed by atoms with E-state index in [9.17, 15) is 0 Å². The molecule has 1 nitrogen and oxygen atoms in total. The standard InChI is InChI=1S/C10H14O/c1-8(2)5-4-6-9(3)10-7-11-10/h5-7H,4H2,1-3H3. The third-order valence-corrected chi connectivity index (χ3v) is 1.57. The Kier molecular flexibility index (Phi) is 2.53. The van der Waals surface area contributed by atoms with Crippen molar-refractivity contribution in [1.29, 1.82) is 0 Å². The van der Waals surface area contributed by atoms with Crippen LogP contribution in [0.3, 0.4) is 0 Å². The summed E-state index contributed by atoms with van der Waals surface area (Å²) in [7, 11) is 0. The predicted octanol–water partition coefficient (Wildman–Crippen LogP) is 3.16. The van der Waals surface area contributed by atoms with Crippen LogP contribution in [0, 0.1) is 0 Å². The Bertz CT molecular complexity index is 227. The lowest BCUT2D eigenvalue weighted by Gasteiger charge is -1.89. The molecule has 0 aromatic heterocycles. The highest BCUT2D eigenvalue weighted by Crippen LogP contribution is 2.22. The third-order valence-electron chi connectivity index (χ3n) is 1.57. The van der Waals surface area contributed by atoms with Crippen LogP contribution in [0.15, 0.2) is 35.3 Å². The van der Waals surface area contributed by atoms with Crippen molar-refractivity contribution < 1.29 is 4.74 Å². The minimum Gasteiger partial charge on any atom is -0.458 e. The van der Waals surface area contributed by atoms with E-state index in [2.05, 4.69) is 32.9 Å². The molecule has 0 bridgehead atoms. The SMILES string of the molecule is CC(C)=CCC=C(C)C1=CO1. The molecule has 1 rings (SSSR count). The average molecular weight is 150 g/mol. The van der Waals surface area contributed by atoms with Gasteiger partial charge in [-0.1, -0.05) is 17.7 Å². The number of ether oxygens (including phenoxy) is 1. The van der Waals surface area contributed by atoms with Gasteiger partial charge >= 0.3 is 0 Å². The Hall–Kier alpha value is -0.980. The molecule has 0 unspecified atom stereocenters. The van der Waals surface area contributed by atoms with E-state index in [1.54, 1.807) is 6.26 Å². The Morgan fingerprint density at radius 3 is 2.45 bits per heavy atom. The molecule has 11 heavy (non-hydrogen) atoms. The van der Waals surface area contributed by atoms with Crippen molar-refractivity contribution in [2.24, 2.45) is 0 Å². The highest BCUT2D eigenvalue weighted by Gasteiger charge is 2.10. The predicted molar refractivity (Wildman–Crippen MR) is 47.0 cm³/mol. The van der Waals surface area contributed by atoms with Crippen LogP contribution in [-0.2, 0) is 4.74 Å². The first-order valence-electron chi connectivity index (χ1n) is 3.87. The molecule has 0 radical (unpaired) electrons. The Labute approximate surface area is 68.1 Å². The molecular weight excluding hydrogens is 136 g/mol. The first-order chi connectivity index (χ1) is 5.20. The van der Waals surface area contributed by atoms with E-state index < -0.39 is 0 Å². The summed E-state index contributed by atoms with van der Waals surface area (Å²) in [6.45, 7) is 6.28. The highest BCUT2D eigenvalue weighted by molar-refractivity contribution is 5.30. The van der Waals surface area contributed by atoms with Gasteiger partial charge in [0.1, 0.15) is 6.26 Å². The number of hydrogen-bond donors (Lipinski definition) is 0. The van der Waals surface area contributed by atoms with Crippen molar-refractivity contribution >= 4 is 0 Å². The van der Waals surface area contributed by atoms with Gasteiger partial charge < -0.3 is 4.74 Å². The van der Waals surface area contributed by atoms with Crippen LogP contribution in [0.4, 0.5) is 0 Å². The average Bonchev–Trinajstić information content (AvgIpc) is 2.66. The van der Waals surface area contributed by atoms with Gasteiger partial charge in [0, 0.05) is 0 Å². The van der Waals surface area contributed by atoms with Crippen molar-refractivity contribution in [3.8, 4) is 0 Å². The van der Waals surface area contributed by atoms with Crippen molar-refractivity contribution in [2.75, 3.05) is 0 Å². The zero-order valence-electron chi connectivity index (χ0n) is 7.35. The maximum Gasteiger partial charge on any atom is 0.164 e. The Balaban J connectivity index is 2.34. The Morgan fingerprint density at radius 2 is 2.00 bits per heavy atom. The van der Waals surface area contributed by atoms with Crippen LogP contribution >= 0.6 is 0 Å². The van der Waals surface area contributed by atoms with E-state index in [1.165, 1.54) is 11.1 Å². The van der Waals surface area contributed by atoms with Crippen molar-refractivity contribution in [3.63, 3.8) is 0 Å². The van der Waals surface area contributed by atoms with Crippen LogP contribution in [-0.4, -0.2) is 0 Å². The minimum absolute atomic E-state index is 1.01. The van der Waals surface area contributed by atoms with Gasteiger partial charge in [-0.25, -0.2) is 0 Å². The van der Waals surface area contributed by atoms with Gasteiger partial charge in [-0.05, 0) is 32.8 Å². The van der Waals surface area contributed by atoms with E-state index in [0.29, 0.717) is 0 Å². The molecule has 1 heteroatoms. The van der Waals surface area contributed by atoms with E-state index in [-0.39, 0.29) is 0 Å².